The monoisotopic (exact) mass is 509 g/mol. The van der Waals surface area contributed by atoms with Gasteiger partial charge in [-0.1, -0.05) is 37.5 Å². The fraction of sp³-hybridized carbons (Fsp3) is 0.621. The fourth-order valence-corrected chi connectivity index (χ4v) is 6.56. The Labute approximate surface area is 219 Å². The van der Waals surface area contributed by atoms with Crippen molar-refractivity contribution >= 4 is 23.4 Å². The molecule has 1 aromatic rings. The van der Waals surface area contributed by atoms with Crippen molar-refractivity contribution in [3.05, 3.63) is 41.5 Å². The van der Waals surface area contributed by atoms with Crippen LogP contribution in [-0.4, -0.2) is 66.2 Å². The van der Waals surface area contributed by atoms with Gasteiger partial charge in [-0.25, -0.2) is 0 Å². The van der Waals surface area contributed by atoms with Crippen LogP contribution in [-0.2, 0) is 23.9 Å². The molecule has 0 aromatic heterocycles. The van der Waals surface area contributed by atoms with E-state index in [0.29, 0.717) is 31.9 Å². The molecule has 3 aliphatic heterocycles. The summed E-state index contributed by atoms with van der Waals surface area (Å²) >= 11 is 0. The van der Waals surface area contributed by atoms with Crippen LogP contribution in [0.15, 0.2) is 30.4 Å². The van der Waals surface area contributed by atoms with E-state index in [4.69, 9.17) is 9.47 Å². The number of carbonyl (C=O) groups is 3. The predicted octanol–water partition coefficient (Wildman–Crippen LogP) is 3.27. The van der Waals surface area contributed by atoms with Gasteiger partial charge in [0.15, 0.2) is 0 Å². The molecule has 1 saturated carbocycles. The maximum atomic E-state index is 13.9. The fourth-order valence-electron chi connectivity index (χ4n) is 6.56. The lowest BCUT2D eigenvalue weighted by Gasteiger charge is -2.34. The molecule has 0 radical (unpaired) electrons. The molecule has 2 bridgehead atoms. The van der Waals surface area contributed by atoms with Crippen molar-refractivity contribution in [3.63, 3.8) is 0 Å². The van der Waals surface area contributed by atoms with Gasteiger partial charge in [0.2, 0.25) is 17.7 Å². The summed E-state index contributed by atoms with van der Waals surface area (Å²) in [6.07, 6.45) is 9.10. The second kappa shape index (κ2) is 10.6. The topological polar surface area (TPSA) is 97.0 Å². The van der Waals surface area contributed by atoms with Crippen molar-refractivity contribution in [1.29, 1.82) is 0 Å². The zero-order chi connectivity index (χ0) is 26.2. The summed E-state index contributed by atoms with van der Waals surface area (Å²) < 4.78 is 11.9. The Hall–Kier alpha value is -2.71. The molecular weight excluding hydrogens is 470 g/mol. The number of fused-ring (bicyclic) bond motifs is 1. The standard InChI is InChI=1S/C29H39N3O5/c1-4-36-16-8-15-32-25(27(34)30-20-9-6-5-7-10-20)29-14-13-22(37-29)23(24(29)28(32)35)26(33)31-21-12-11-18(2)19(3)17-21/h11-14,17,20,22-25H,4-10,15-16H2,1-3H3,(H,30,34)(H,31,33)/t22-,23+,24-,25+,29+/m1/s1. The molecule has 37 heavy (non-hydrogen) atoms. The molecule has 4 aliphatic rings. The lowest BCUT2D eigenvalue weighted by molar-refractivity contribution is -0.141. The predicted molar refractivity (Wildman–Crippen MR) is 140 cm³/mol. The van der Waals surface area contributed by atoms with Crippen molar-refractivity contribution in [2.24, 2.45) is 11.8 Å². The van der Waals surface area contributed by atoms with Crippen LogP contribution in [0.25, 0.3) is 0 Å². The van der Waals surface area contributed by atoms with E-state index in [1.807, 2.05) is 51.1 Å². The quantitative estimate of drug-likeness (QED) is 0.393. The molecule has 200 valence electrons. The third kappa shape index (κ3) is 4.70. The van der Waals surface area contributed by atoms with Crippen molar-refractivity contribution in [1.82, 2.24) is 10.2 Å². The van der Waals surface area contributed by atoms with E-state index < -0.39 is 29.6 Å². The first-order valence-corrected chi connectivity index (χ1v) is 13.8. The summed E-state index contributed by atoms with van der Waals surface area (Å²) in [5.74, 6) is -2.04. The Bertz CT molecular complexity index is 1080. The van der Waals surface area contributed by atoms with Crippen LogP contribution >= 0.6 is 0 Å². The maximum Gasteiger partial charge on any atom is 0.246 e. The SMILES string of the molecule is CCOCCCN1C(=O)[C@H]2[C@@H](C(=O)Nc3ccc(C)c(C)c3)[C@H]3C=C[C@@]2(O3)[C@@H]1C(=O)NC1CCCCC1. The second-order valence-corrected chi connectivity index (χ2v) is 10.9. The van der Waals surface area contributed by atoms with Gasteiger partial charge in [0.05, 0.1) is 17.9 Å². The third-order valence-electron chi connectivity index (χ3n) is 8.54. The van der Waals surface area contributed by atoms with Gasteiger partial charge in [-0.15, -0.1) is 0 Å². The molecule has 3 amide bonds. The number of hydrogen-bond acceptors (Lipinski definition) is 5. The summed E-state index contributed by atoms with van der Waals surface area (Å²) in [5.41, 5.74) is 1.79. The van der Waals surface area contributed by atoms with Crippen molar-refractivity contribution in [2.45, 2.75) is 83.1 Å². The second-order valence-electron chi connectivity index (χ2n) is 10.9. The molecule has 5 atom stereocenters. The van der Waals surface area contributed by atoms with E-state index in [1.165, 1.54) is 6.42 Å². The van der Waals surface area contributed by atoms with Gasteiger partial charge >= 0.3 is 0 Å². The number of hydrogen-bond donors (Lipinski definition) is 2. The molecule has 3 fully saturated rings. The number of nitrogens with zero attached hydrogens (tertiary/aromatic N) is 1. The molecule has 1 aliphatic carbocycles. The number of benzene rings is 1. The number of ether oxygens (including phenoxy) is 2. The number of nitrogens with one attached hydrogen (secondary N) is 2. The normalized spacial score (nSPS) is 30.6. The first-order valence-electron chi connectivity index (χ1n) is 13.8. The van der Waals surface area contributed by atoms with Crippen molar-refractivity contribution in [3.8, 4) is 0 Å². The van der Waals surface area contributed by atoms with Gasteiger partial charge in [-0.05, 0) is 63.3 Å². The average Bonchev–Trinajstić information content (AvgIpc) is 3.52. The largest absolute Gasteiger partial charge is 0.382 e. The summed E-state index contributed by atoms with van der Waals surface area (Å²) in [5, 5.41) is 6.23. The van der Waals surface area contributed by atoms with E-state index in [-0.39, 0.29) is 23.8 Å². The van der Waals surface area contributed by atoms with Gasteiger partial charge < -0.3 is 25.0 Å². The average molecular weight is 510 g/mol. The minimum Gasteiger partial charge on any atom is -0.382 e. The molecule has 8 heteroatoms. The Balaban J connectivity index is 1.40. The summed E-state index contributed by atoms with van der Waals surface area (Å²) in [6.45, 7) is 7.44. The minimum atomic E-state index is -1.13. The van der Waals surface area contributed by atoms with Crippen LogP contribution in [0.2, 0.25) is 0 Å². The van der Waals surface area contributed by atoms with Gasteiger partial charge in [-0.3, -0.25) is 14.4 Å². The van der Waals surface area contributed by atoms with Crippen LogP contribution < -0.4 is 10.6 Å². The highest BCUT2D eigenvalue weighted by atomic mass is 16.5. The molecule has 2 N–H and O–H groups in total. The van der Waals surface area contributed by atoms with Gasteiger partial charge in [0.25, 0.3) is 0 Å². The first-order chi connectivity index (χ1) is 17.9. The highest BCUT2D eigenvalue weighted by molar-refractivity contribution is 6.02. The Kier molecular flexibility index (Phi) is 7.41. The molecule has 2 saturated heterocycles. The summed E-state index contributed by atoms with van der Waals surface area (Å²) in [7, 11) is 0. The number of aryl methyl sites for hydroxylation is 2. The van der Waals surface area contributed by atoms with E-state index in [9.17, 15) is 14.4 Å². The highest BCUT2D eigenvalue weighted by Gasteiger charge is 2.72. The van der Waals surface area contributed by atoms with Crippen LogP contribution in [0, 0.1) is 25.7 Å². The summed E-state index contributed by atoms with van der Waals surface area (Å²) in [4.78, 5) is 42.9. The number of likely N-dealkylation sites (tertiary alicyclic amines) is 1. The minimum absolute atomic E-state index is 0.114. The smallest absolute Gasteiger partial charge is 0.246 e. The molecule has 8 nitrogen and oxygen atoms in total. The molecular formula is C29H39N3O5. The zero-order valence-corrected chi connectivity index (χ0v) is 22.1. The van der Waals surface area contributed by atoms with Gasteiger partial charge in [-0.2, -0.15) is 0 Å². The van der Waals surface area contributed by atoms with Crippen LogP contribution in [0.1, 0.15) is 56.6 Å². The van der Waals surface area contributed by atoms with Crippen molar-refractivity contribution < 1.29 is 23.9 Å². The molecule has 3 heterocycles. The lowest BCUT2D eigenvalue weighted by atomic mass is 9.74. The highest BCUT2D eigenvalue weighted by Crippen LogP contribution is 2.55. The number of anilines is 1. The van der Waals surface area contributed by atoms with Crippen LogP contribution in [0.4, 0.5) is 5.69 Å². The van der Waals surface area contributed by atoms with E-state index in [2.05, 4.69) is 10.6 Å². The molecule has 1 aromatic carbocycles. The molecule has 1 spiro atoms. The molecule has 0 unspecified atom stereocenters. The lowest BCUT2D eigenvalue weighted by Crippen LogP contribution is -2.56. The number of carbonyl (C=O) groups excluding carboxylic acids is 3. The molecule has 5 rings (SSSR count). The van der Waals surface area contributed by atoms with Gasteiger partial charge in [0, 0.05) is 31.5 Å². The van der Waals surface area contributed by atoms with E-state index >= 15 is 0 Å². The van der Waals surface area contributed by atoms with Crippen LogP contribution in [0.3, 0.4) is 0 Å². The number of rotatable bonds is 9. The Morgan fingerprint density at radius 3 is 2.65 bits per heavy atom. The Morgan fingerprint density at radius 1 is 1.14 bits per heavy atom. The van der Waals surface area contributed by atoms with Crippen LogP contribution in [0.5, 0.6) is 0 Å². The maximum absolute atomic E-state index is 13.9. The first kappa shape index (κ1) is 25.9. The van der Waals surface area contributed by atoms with E-state index in [0.717, 1.165) is 36.8 Å². The third-order valence-corrected chi connectivity index (χ3v) is 8.54. The summed E-state index contributed by atoms with van der Waals surface area (Å²) in [6, 6.07) is 5.09. The number of amides is 3. The zero-order valence-electron chi connectivity index (χ0n) is 22.1. The van der Waals surface area contributed by atoms with Gasteiger partial charge in [0.1, 0.15) is 11.6 Å². The van der Waals surface area contributed by atoms with E-state index in [1.54, 1.807) is 4.90 Å². The Morgan fingerprint density at radius 2 is 1.92 bits per heavy atom. The van der Waals surface area contributed by atoms with Crippen molar-refractivity contribution in [2.75, 3.05) is 25.1 Å².